The van der Waals surface area contributed by atoms with Crippen molar-refractivity contribution in [1.82, 2.24) is 9.56 Å². The van der Waals surface area contributed by atoms with E-state index in [1.54, 1.807) is 6.20 Å². The van der Waals surface area contributed by atoms with E-state index in [-0.39, 0.29) is 4.84 Å². The normalized spacial score (nSPS) is 10.4. The van der Waals surface area contributed by atoms with Crippen molar-refractivity contribution < 1.29 is 4.52 Å². The number of hydrogen-bond donors (Lipinski definition) is 0. The summed E-state index contributed by atoms with van der Waals surface area (Å²) < 4.78 is 6.52. The van der Waals surface area contributed by atoms with Crippen LogP contribution in [0.4, 0.5) is 0 Å². The van der Waals surface area contributed by atoms with E-state index in [4.69, 9.17) is 16.7 Å². The van der Waals surface area contributed by atoms with Crippen LogP contribution in [-0.4, -0.2) is 9.56 Å². The number of pyridine rings is 1. The lowest BCUT2D eigenvalue weighted by Gasteiger charge is -1.83. The fourth-order valence-electron chi connectivity index (χ4n) is 0.781. The molecular formula is C6H4N2OS. The number of nitrogens with zero attached hydrogens (tertiary/aromatic N) is 2. The number of aromatic nitrogens is 2. The highest BCUT2D eigenvalue weighted by atomic mass is 32.1. The van der Waals surface area contributed by atoms with E-state index in [9.17, 15) is 0 Å². The molecule has 0 spiro atoms. The molecule has 2 heterocycles. The molecule has 0 amide bonds. The highest BCUT2D eigenvalue weighted by Gasteiger charge is 1.92. The molecule has 2 aromatic rings. The molecule has 0 aliphatic carbocycles. The standard InChI is InChI=1S/C6H4N2OS/c10-6-7-5-3-1-2-4-8(5)9-6/h1-4H. The van der Waals surface area contributed by atoms with E-state index in [0.717, 1.165) is 5.65 Å². The third kappa shape index (κ3) is 0.733. The second-order valence-electron chi connectivity index (χ2n) is 1.85. The molecular weight excluding hydrogens is 148 g/mol. The molecule has 50 valence electrons. The summed E-state index contributed by atoms with van der Waals surface area (Å²) in [5, 5.41) is 0. The molecule has 10 heavy (non-hydrogen) atoms. The Morgan fingerprint density at radius 2 is 2.40 bits per heavy atom. The maximum atomic E-state index is 4.99. The smallest absolute Gasteiger partial charge is 0.315 e. The van der Waals surface area contributed by atoms with Crippen molar-refractivity contribution in [2.45, 2.75) is 0 Å². The SMILES string of the molecule is S=c1nc2ccccn2o1. The average molecular weight is 152 g/mol. The van der Waals surface area contributed by atoms with Crippen LogP contribution in [0.15, 0.2) is 28.9 Å². The van der Waals surface area contributed by atoms with Gasteiger partial charge in [0.1, 0.15) is 0 Å². The van der Waals surface area contributed by atoms with Gasteiger partial charge in [-0.1, -0.05) is 6.07 Å². The summed E-state index contributed by atoms with van der Waals surface area (Å²) in [7, 11) is 0. The van der Waals surface area contributed by atoms with E-state index in [1.165, 1.54) is 4.57 Å². The number of rotatable bonds is 0. The third-order valence-corrected chi connectivity index (χ3v) is 1.35. The number of hydrogen-bond acceptors (Lipinski definition) is 3. The van der Waals surface area contributed by atoms with Gasteiger partial charge in [0.15, 0.2) is 5.65 Å². The average Bonchev–Trinajstić information content (AvgIpc) is 2.27. The molecule has 0 unspecified atom stereocenters. The van der Waals surface area contributed by atoms with Gasteiger partial charge in [-0.2, -0.15) is 9.56 Å². The zero-order chi connectivity index (χ0) is 6.97. The molecule has 3 nitrogen and oxygen atoms in total. The molecule has 0 aliphatic heterocycles. The molecule has 0 atom stereocenters. The van der Waals surface area contributed by atoms with Crippen LogP contribution in [0.3, 0.4) is 0 Å². The van der Waals surface area contributed by atoms with Crippen molar-refractivity contribution in [3.05, 3.63) is 29.2 Å². The summed E-state index contributed by atoms with van der Waals surface area (Å²) >= 11 is 4.71. The molecule has 2 rings (SSSR count). The van der Waals surface area contributed by atoms with Crippen LogP contribution in [0.25, 0.3) is 5.65 Å². The Labute approximate surface area is 61.9 Å². The molecule has 0 saturated carbocycles. The second kappa shape index (κ2) is 1.91. The summed E-state index contributed by atoms with van der Waals surface area (Å²) in [4.78, 5) is 4.19. The fourth-order valence-corrected chi connectivity index (χ4v) is 0.955. The molecule has 0 bridgehead atoms. The van der Waals surface area contributed by atoms with E-state index in [2.05, 4.69) is 4.98 Å². The van der Waals surface area contributed by atoms with Crippen molar-refractivity contribution in [3.8, 4) is 0 Å². The van der Waals surface area contributed by atoms with Gasteiger partial charge in [-0.15, -0.1) is 0 Å². The maximum Gasteiger partial charge on any atom is 0.315 e. The Kier molecular flexibility index (Phi) is 1.07. The molecule has 2 aromatic heterocycles. The van der Waals surface area contributed by atoms with Crippen LogP contribution < -0.4 is 0 Å². The lowest BCUT2D eigenvalue weighted by atomic mass is 10.5. The van der Waals surface area contributed by atoms with Crippen LogP contribution >= 0.6 is 12.2 Å². The Morgan fingerprint density at radius 1 is 1.50 bits per heavy atom. The molecule has 0 saturated heterocycles. The van der Waals surface area contributed by atoms with Gasteiger partial charge in [-0.25, -0.2) is 0 Å². The van der Waals surface area contributed by atoms with Crippen LogP contribution in [0, 0.1) is 4.84 Å². The number of fused-ring (bicyclic) bond motifs is 1. The topological polar surface area (TPSA) is 30.4 Å². The predicted octanol–water partition coefficient (Wildman–Crippen LogP) is 1.66. The Balaban J connectivity index is 3.01. The molecule has 0 aliphatic rings. The van der Waals surface area contributed by atoms with Gasteiger partial charge >= 0.3 is 4.84 Å². The molecule has 0 radical (unpaired) electrons. The lowest BCUT2D eigenvalue weighted by molar-refractivity contribution is 0.361. The van der Waals surface area contributed by atoms with Gasteiger partial charge in [0, 0.05) is 6.20 Å². The first-order chi connectivity index (χ1) is 4.86. The molecule has 0 aromatic carbocycles. The van der Waals surface area contributed by atoms with Gasteiger partial charge in [0.25, 0.3) is 0 Å². The van der Waals surface area contributed by atoms with Gasteiger partial charge in [0.2, 0.25) is 0 Å². The summed E-state index contributed by atoms with van der Waals surface area (Å²) in [5.41, 5.74) is 0.743. The van der Waals surface area contributed by atoms with E-state index in [1.807, 2.05) is 18.2 Å². The molecule has 0 N–H and O–H groups in total. The molecule has 4 heteroatoms. The Bertz CT molecular complexity index is 367. The van der Waals surface area contributed by atoms with Crippen LogP contribution in [0.5, 0.6) is 0 Å². The van der Waals surface area contributed by atoms with Gasteiger partial charge < -0.3 is 4.52 Å². The van der Waals surface area contributed by atoms with Crippen LogP contribution in [0.2, 0.25) is 0 Å². The summed E-state index contributed by atoms with van der Waals surface area (Å²) in [6, 6.07) is 5.57. The fraction of sp³-hybridized carbons (Fsp3) is 0. The highest BCUT2D eigenvalue weighted by molar-refractivity contribution is 7.71. The summed E-state index contributed by atoms with van der Waals surface area (Å²) in [5.74, 6) is 0. The van der Waals surface area contributed by atoms with Gasteiger partial charge in [-0.3, -0.25) is 0 Å². The van der Waals surface area contributed by atoms with Gasteiger partial charge in [0.05, 0.1) is 0 Å². The minimum Gasteiger partial charge on any atom is -0.341 e. The Morgan fingerprint density at radius 3 is 3.20 bits per heavy atom. The first-order valence-electron chi connectivity index (χ1n) is 2.81. The lowest BCUT2D eigenvalue weighted by Crippen LogP contribution is -1.77. The molecule has 0 fully saturated rings. The highest BCUT2D eigenvalue weighted by Crippen LogP contribution is 1.99. The van der Waals surface area contributed by atoms with Gasteiger partial charge in [-0.05, 0) is 24.4 Å². The van der Waals surface area contributed by atoms with Crippen molar-refractivity contribution in [2.75, 3.05) is 0 Å². The second-order valence-corrected chi connectivity index (χ2v) is 2.20. The van der Waals surface area contributed by atoms with Crippen molar-refractivity contribution in [1.29, 1.82) is 0 Å². The van der Waals surface area contributed by atoms with E-state index >= 15 is 0 Å². The summed E-state index contributed by atoms with van der Waals surface area (Å²) in [6.45, 7) is 0. The van der Waals surface area contributed by atoms with Crippen molar-refractivity contribution >= 4 is 17.9 Å². The first kappa shape index (κ1) is 5.61. The first-order valence-corrected chi connectivity index (χ1v) is 3.22. The monoisotopic (exact) mass is 152 g/mol. The minimum absolute atomic E-state index is 0.270. The predicted molar refractivity (Wildman–Crippen MR) is 38.3 cm³/mol. The van der Waals surface area contributed by atoms with Crippen molar-refractivity contribution in [2.24, 2.45) is 0 Å². The largest absolute Gasteiger partial charge is 0.341 e. The minimum atomic E-state index is 0.270. The summed E-state index contributed by atoms with van der Waals surface area (Å²) in [6.07, 6.45) is 1.76. The van der Waals surface area contributed by atoms with Crippen LogP contribution in [0.1, 0.15) is 0 Å². The Hall–Kier alpha value is -1.16. The van der Waals surface area contributed by atoms with E-state index < -0.39 is 0 Å². The van der Waals surface area contributed by atoms with Crippen molar-refractivity contribution in [3.63, 3.8) is 0 Å². The van der Waals surface area contributed by atoms with Crippen LogP contribution in [-0.2, 0) is 0 Å². The third-order valence-electron chi connectivity index (χ3n) is 1.19. The zero-order valence-electron chi connectivity index (χ0n) is 5.02. The van der Waals surface area contributed by atoms with E-state index in [0.29, 0.717) is 0 Å². The maximum absolute atomic E-state index is 4.99. The quantitative estimate of drug-likeness (QED) is 0.538. The zero-order valence-corrected chi connectivity index (χ0v) is 5.84.